The van der Waals surface area contributed by atoms with E-state index in [0.29, 0.717) is 11.3 Å². The Labute approximate surface area is 324 Å². The monoisotopic (exact) mass is 766 g/mol. The van der Waals surface area contributed by atoms with Crippen LogP contribution >= 0.6 is 0 Å². The standard InChI is InChI=1S/C25H25.C13H21.C8H8.2ClH.Zr/c1-14-12-24(3,4)22-8-16-7-17-9-23-19(15(2)13-25(23,5)6)11-21(17)20(16)10-18(14)22;1-6-10-8-11(7-2)12(9-10)13(3,4)5;1-2-8-6-4-3-5-7-8;;;/h7-13H,1-6H3;9-10H,6-7H2,1-5H3;3-7H,1H3;2*1H;/q2*-1;;;;+2/p-2. The Kier molecular flexibility index (Phi) is 13.1. The summed E-state index contributed by atoms with van der Waals surface area (Å²) in [5.41, 5.74) is 13.5. The van der Waals surface area contributed by atoms with Gasteiger partial charge in [0, 0.05) is 10.8 Å². The molecule has 0 heterocycles. The molecule has 258 valence electrons. The van der Waals surface area contributed by atoms with Crippen LogP contribution in [0.3, 0.4) is 0 Å². The molecule has 0 aliphatic heterocycles. The van der Waals surface area contributed by atoms with Crippen LogP contribution in [0, 0.1) is 17.4 Å². The predicted molar refractivity (Wildman–Crippen MR) is 205 cm³/mol. The van der Waals surface area contributed by atoms with Crippen molar-refractivity contribution in [1.29, 1.82) is 0 Å². The Morgan fingerprint density at radius 3 is 1.61 bits per heavy atom. The maximum Gasteiger partial charge on any atom is -1.00 e. The Bertz CT molecular complexity index is 1880. The molecule has 4 aromatic rings. The van der Waals surface area contributed by atoms with E-state index in [1.165, 1.54) is 106 Å². The molecule has 3 aliphatic rings. The number of rotatable bonds is 3. The molecule has 0 spiro atoms. The molecule has 7 rings (SSSR count). The summed E-state index contributed by atoms with van der Waals surface area (Å²) in [7, 11) is 0. The van der Waals surface area contributed by atoms with Crippen molar-refractivity contribution < 1.29 is 49.0 Å². The third-order valence-corrected chi connectivity index (χ3v) is 10.9. The van der Waals surface area contributed by atoms with E-state index < -0.39 is 0 Å². The van der Waals surface area contributed by atoms with Gasteiger partial charge in [-0.25, -0.2) is 5.57 Å². The molecule has 0 bridgehead atoms. The molecule has 0 aromatic heterocycles. The Balaban J connectivity index is 0.000000229. The molecule has 49 heavy (non-hydrogen) atoms. The summed E-state index contributed by atoms with van der Waals surface area (Å²) in [6.07, 6.45) is 13.1. The molecule has 0 nitrogen and oxygen atoms in total. The predicted octanol–water partition coefficient (Wildman–Crippen LogP) is 7.02. The fourth-order valence-corrected chi connectivity index (χ4v) is 8.18. The van der Waals surface area contributed by atoms with E-state index in [0.717, 1.165) is 6.42 Å². The molecule has 0 radical (unpaired) electrons. The van der Waals surface area contributed by atoms with E-state index in [2.05, 4.69) is 162 Å². The molecule has 1 unspecified atom stereocenters. The molecule has 3 aliphatic carbocycles. The van der Waals surface area contributed by atoms with Crippen molar-refractivity contribution in [3.05, 3.63) is 124 Å². The van der Waals surface area contributed by atoms with Crippen LogP contribution in [0.5, 0.6) is 0 Å². The van der Waals surface area contributed by atoms with Gasteiger partial charge in [-0.3, -0.25) is 6.08 Å². The zero-order valence-electron chi connectivity index (χ0n) is 31.8. The summed E-state index contributed by atoms with van der Waals surface area (Å²) >= 11 is 1.51. The van der Waals surface area contributed by atoms with Gasteiger partial charge in [0.25, 0.3) is 0 Å². The number of hydrogen-bond acceptors (Lipinski definition) is 0. The Morgan fingerprint density at radius 1 is 0.796 bits per heavy atom. The van der Waals surface area contributed by atoms with Gasteiger partial charge in [0.2, 0.25) is 0 Å². The average molecular weight is 769 g/mol. The zero-order chi connectivity index (χ0) is 34.5. The molecular formula is C46H54Cl2Zr-2. The zero-order valence-corrected chi connectivity index (χ0v) is 35.7. The van der Waals surface area contributed by atoms with Gasteiger partial charge in [-0.2, -0.15) is 11.6 Å². The number of fused-ring (bicyclic) bond motifs is 5. The summed E-state index contributed by atoms with van der Waals surface area (Å²) in [5, 5.41) is 5.57. The average Bonchev–Trinajstić information content (AvgIpc) is 3.72. The van der Waals surface area contributed by atoms with Crippen LogP contribution in [-0.4, -0.2) is 3.21 Å². The summed E-state index contributed by atoms with van der Waals surface area (Å²) in [6, 6.07) is 22.6. The van der Waals surface area contributed by atoms with Crippen molar-refractivity contribution in [2.24, 2.45) is 11.3 Å². The normalized spacial score (nSPS) is 18.0. The minimum absolute atomic E-state index is 0. The number of halogens is 2. The van der Waals surface area contributed by atoms with Crippen LogP contribution in [0.15, 0.2) is 90.0 Å². The first-order chi connectivity index (χ1) is 22.0. The minimum Gasteiger partial charge on any atom is -1.00 e. The van der Waals surface area contributed by atoms with Crippen LogP contribution in [0.4, 0.5) is 0 Å². The van der Waals surface area contributed by atoms with Crippen LogP contribution in [-0.2, 0) is 35.1 Å². The molecule has 0 amide bonds. The van der Waals surface area contributed by atoms with E-state index in [1.54, 1.807) is 0 Å². The molecule has 1 atom stereocenters. The molecule has 0 saturated carbocycles. The van der Waals surface area contributed by atoms with Crippen molar-refractivity contribution in [3.8, 4) is 0 Å². The fraction of sp³-hybridized carbons (Fsp3) is 0.391. The smallest absolute Gasteiger partial charge is 1.00 e. The van der Waals surface area contributed by atoms with E-state index in [4.69, 9.17) is 0 Å². The van der Waals surface area contributed by atoms with Crippen LogP contribution in [0.25, 0.3) is 32.7 Å². The van der Waals surface area contributed by atoms with Gasteiger partial charge in [-0.1, -0.05) is 122 Å². The minimum atomic E-state index is 0. The number of benzene rings is 3. The number of hydrogen-bond donors (Lipinski definition) is 0. The van der Waals surface area contributed by atoms with Crippen LogP contribution < -0.4 is 24.8 Å². The molecule has 0 fully saturated rings. The van der Waals surface area contributed by atoms with E-state index >= 15 is 0 Å². The molecule has 0 N–H and O–H groups in total. The second-order valence-electron chi connectivity index (χ2n) is 16.0. The summed E-state index contributed by atoms with van der Waals surface area (Å²) in [6.45, 7) is 27.3. The molecule has 4 aromatic carbocycles. The summed E-state index contributed by atoms with van der Waals surface area (Å²) in [4.78, 5) is 0. The number of allylic oxidation sites excluding steroid dienone is 8. The first kappa shape index (κ1) is 41.2. The van der Waals surface area contributed by atoms with Gasteiger partial charge < -0.3 is 24.8 Å². The van der Waals surface area contributed by atoms with Crippen LogP contribution in [0.1, 0.15) is 124 Å². The second-order valence-corrected chi connectivity index (χ2v) is 17.9. The third kappa shape index (κ3) is 8.49. The van der Waals surface area contributed by atoms with Crippen molar-refractivity contribution in [2.45, 2.75) is 107 Å². The van der Waals surface area contributed by atoms with E-state index in [9.17, 15) is 0 Å². The maximum absolute atomic E-state index is 3.57. The van der Waals surface area contributed by atoms with E-state index in [1.807, 2.05) is 6.07 Å². The third-order valence-electron chi connectivity index (χ3n) is 10.2. The summed E-state index contributed by atoms with van der Waals surface area (Å²) in [5.74, 6) is 0.573. The largest absolute Gasteiger partial charge is 1.00 e. The Morgan fingerprint density at radius 2 is 1.27 bits per heavy atom. The Hall–Kier alpha value is -2.18. The second kappa shape index (κ2) is 15.6. The van der Waals surface area contributed by atoms with Gasteiger partial charge in [-0.05, 0) is 36.1 Å². The van der Waals surface area contributed by atoms with Gasteiger partial charge in [0.15, 0.2) is 0 Å². The van der Waals surface area contributed by atoms with Gasteiger partial charge in [0.1, 0.15) is 0 Å². The fourth-order valence-electron chi connectivity index (χ4n) is 7.77. The maximum atomic E-state index is 3.57. The topological polar surface area (TPSA) is 0 Å². The van der Waals surface area contributed by atoms with Crippen molar-refractivity contribution in [1.82, 2.24) is 0 Å². The summed E-state index contributed by atoms with van der Waals surface area (Å²) < 4.78 is 1.46. The van der Waals surface area contributed by atoms with Crippen LogP contribution in [0.2, 0.25) is 0 Å². The SMILES string of the molecule is CC1=CC(C)(C)c2cc3[cH-]c4cc5c(cc4c3cc21)C(C)=CC5(C)C.CCC1=[C-]C(CC)C=C1C(C)(C)C.C[C](=[Zr+2])c1ccccc1.[Cl-].[Cl-]. The molecule has 0 saturated heterocycles. The van der Waals surface area contributed by atoms with Gasteiger partial charge >= 0.3 is 70.3 Å². The van der Waals surface area contributed by atoms with Crippen molar-refractivity contribution in [3.63, 3.8) is 0 Å². The first-order valence-corrected chi connectivity index (χ1v) is 18.8. The van der Waals surface area contributed by atoms with Crippen molar-refractivity contribution >= 4 is 35.9 Å². The molecular weight excluding hydrogens is 715 g/mol. The van der Waals surface area contributed by atoms with Crippen molar-refractivity contribution in [2.75, 3.05) is 0 Å². The van der Waals surface area contributed by atoms with Gasteiger partial charge in [0.05, 0.1) is 0 Å². The first-order valence-electron chi connectivity index (χ1n) is 17.5. The van der Waals surface area contributed by atoms with E-state index in [-0.39, 0.29) is 35.6 Å². The molecule has 3 heteroatoms. The quantitative estimate of drug-likeness (QED) is 0.197. The van der Waals surface area contributed by atoms with Gasteiger partial charge in [-0.15, -0.1) is 39.7 Å².